The molecule has 2 heteroatoms. The molecule has 54 heavy (non-hydrogen) atoms. The molecule has 8 aromatic rings. The van der Waals surface area contributed by atoms with E-state index in [0.717, 1.165) is 31.9 Å². The van der Waals surface area contributed by atoms with Gasteiger partial charge in [-0.25, -0.2) is 0 Å². The molecule has 0 radical (unpaired) electrons. The van der Waals surface area contributed by atoms with Crippen molar-refractivity contribution >= 4 is 66.3 Å². The van der Waals surface area contributed by atoms with Crippen molar-refractivity contribution in [2.45, 2.75) is 78.6 Å². The van der Waals surface area contributed by atoms with Gasteiger partial charge in [-0.15, -0.1) is 0 Å². The van der Waals surface area contributed by atoms with Crippen molar-refractivity contribution in [3.63, 3.8) is 0 Å². The smallest absolute Gasteiger partial charge is 0.0570 e. The molecule has 10 rings (SSSR count). The van der Waals surface area contributed by atoms with Crippen LogP contribution < -0.4 is 0 Å². The molecule has 8 aromatic carbocycles. The second kappa shape index (κ2) is 11.0. The van der Waals surface area contributed by atoms with Crippen molar-refractivity contribution in [1.29, 1.82) is 0 Å². The quantitative estimate of drug-likeness (QED) is 0.147. The maximum Gasteiger partial charge on any atom is 0.0570 e. The first-order chi connectivity index (χ1) is 25.5. The fraction of sp³-hybridized carbons (Fsp3) is 0.231. The summed E-state index contributed by atoms with van der Waals surface area (Å²) >= 11 is 15.1. The van der Waals surface area contributed by atoms with Crippen molar-refractivity contribution in [3.8, 4) is 55.6 Å². The largest absolute Gasteiger partial charge is 0.0830 e. The zero-order valence-electron chi connectivity index (χ0n) is 32.6. The highest BCUT2D eigenvalue weighted by Gasteiger charge is 2.35. The van der Waals surface area contributed by atoms with Crippen molar-refractivity contribution in [3.05, 3.63) is 130 Å². The molecule has 0 aromatic heterocycles. The SMILES string of the molecule is CC(C)(C)c1cccc(-c2c3c(cc4cc(C(C)(C)C)ccc24)-c2ccc4c5c(ccc-3c25)-c2c-4c(Cl)c3cc4ccc(C(C)(C)C)cc4cc3c2Cl)c1. The highest BCUT2D eigenvalue weighted by Crippen LogP contribution is 2.62. The lowest BCUT2D eigenvalue weighted by Crippen LogP contribution is -2.11. The molecule has 0 bridgehead atoms. The van der Waals surface area contributed by atoms with Crippen LogP contribution in [0.15, 0.2) is 103 Å². The molecular formula is C52H44Cl2. The van der Waals surface area contributed by atoms with Crippen LogP contribution in [0.2, 0.25) is 10.0 Å². The summed E-state index contributed by atoms with van der Waals surface area (Å²) in [5.41, 5.74) is 16.3. The molecule has 0 saturated heterocycles. The minimum atomic E-state index is 0.0310. The van der Waals surface area contributed by atoms with Gasteiger partial charge in [0, 0.05) is 21.9 Å². The van der Waals surface area contributed by atoms with E-state index in [1.54, 1.807) is 0 Å². The summed E-state index contributed by atoms with van der Waals surface area (Å²) in [5.74, 6) is 0. The van der Waals surface area contributed by atoms with Gasteiger partial charge in [0.05, 0.1) is 10.0 Å². The van der Waals surface area contributed by atoms with E-state index in [0.29, 0.717) is 0 Å². The predicted molar refractivity (Wildman–Crippen MR) is 237 cm³/mol. The Kier molecular flexibility index (Phi) is 6.91. The van der Waals surface area contributed by atoms with Crippen LogP contribution in [0.1, 0.15) is 79.0 Å². The van der Waals surface area contributed by atoms with Gasteiger partial charge in [-0.3, -0.25) is 0 Å². The normalized spacial score (nSPS) is 13.5. The van der Waals surface area contributed by atoms with E-state index in [9.17, 15) is 0 Å². The zero-order chi connectivity index (χ0) is 37.8. The number of rotatable bonds is 1. The lowest BCUT2D eigenvalue weighted by atomic mass is 9.81. The highest BCUT2D eigenvalue weighted by molar-refractivity contribution is 6.48. The Labute approximate surface area is 328 Å². The van der Waals surface area contributed by atoms with E-state index in [2.05, 4.69) is 165 Å². The van der Waals surface area contributed by atoms with Crippen LogP contribution in [0.5, 0.6) is 0 Å². The minimum Gasteiger partial charge on any atom is -0.0830 e. The van der Waals surface area contributed by atoms with Crippen molar-refractivity contribution < 1.29 is 0 Å². The monoisotopic (exact) mass is 738 g/mol. The van der Waals surface area contributed by atoms with E-state index in [-0.39, 0.29) is 16.2 Å². The summed E-state index contributed by atoms with van der Waals surface area (Å²) in [5, 5.41) is 11.0. The van der Waals surface area contributed by atoms with Crippen LogP contribution in [0.25, 0.3) is 98.7 Å². The number of fused-ring (bicyclic) bond motifs is 9. The molecule has 0 heterocycles. The molecule has 0 atom stereocenters. The lowest BCUT2D eigenvalue weighted by molar-refractivity contribution is 0.590. The Hall–Kier alpha value is -4.62. The molecule has 2 aliphatic rings. The molecule has 0 fully saturated rings. The Morgan fingerprint density at radius 2 is 0.852 bits per heavy atom. The standard InChI is InChI=1S/C52H44Cl2/c1-50(2,3)31-12-10-11-28(21-31)42-34-16-15-33(52(7,8)9)23-30(34)26-39-35-17-18-37-44-38(20-19-36(43(35)44)45(39)42)47-46(37)48(53)40-24-27-13-14-32(51(4,5)6)22-29(27)25-41(40)49(47)54/h10-26H,1-9H3. The summed E-state index contributed by atoms with van der Waals surface area (Å²) in [4.78, 5) is 0. The molecule has 266 valence electrons. The van der Waals surface area contributed by atoms with E-state index >= 15 is 0 Å². The Bertz CT molecular complexity index is 2990. The van der Waals surface area contributed by atoms with Crippen LogP contribution in [0, 0.1) is 0 Å². The first kappa shape index (κ1) is 33.9. The summed E-state index contributed by atoms with van der Waals surface area (Å²) in [7, 11) is 0. The molecule has 0 nitrogen and oxygen atoms in total. The van der Waals surface area contributed by atoms with Crippen LogP contribution in [-0.2, 0) is 16.2 Å². The number of hydrogen-bond acceptors (Lipinski definition) is 0. The van der Waals surface area contributed by atoms with Gasteiger partial charge in [0.15, 0.2) is 0 Å². The third kappa shape index (κ3) is 4.69. The van der Waals surface area contributed by atoms with Gasteiger partial charge < -0.3 is 0 Å². The summed E-state index contributed by atoms with van der Waals surface area (Å²) in [6.45, 7) is 20.6. The third-order valence-electron chi connectivity index (χ3n) is 12.3. The van der Waals surface area contributed by atoms with Gasteiger partial charge in [0.1, 0.15) is 0 Å². The topological polar surface area (TPSA) is 0 Å². The van der Waals surface area contributed by atoms with Gasteiger partial charge >= 0.3 is 0 Å². The summed E-state index contributed by atoms with van der Waals surface area (Å²) < 4.78 is 0. The fourth-order valence-corrected chi connectivity index (χ4v) is 9.98. The molecule has 0 spiro atoms. The maximum atomic E-state index is 7.57. The van der Waals surface area contributed by atoms with E-state index in [4.69, 9.17) is 23.2 Å². The van der Waals surface area contributed by atoms with Crippen LogP contribution in [0.4, 0.5) is 0 Å². The Morgan fingerprint density at radius 1 is 0.352 bits per heavy atom. The van der Waals surface area contributed by atoms with Crippen molar-refractivity contribution in [1.82, 2.24) is 0 Å². The van der Waals surface area contributed by atoms with Crippen molar-refractivity contribution in [2.75, 3.05) is 0 Å². The van der Waals surface area contributed by atoms with E-state index < -0.39 is 0 Å². The fourth-order valence-electron chi connectivity index (χ4n) is 9.27. The molecule has 0 unspecified atom stereocenters. The number of hydrogen-bond donors (Lipinski definition) is 0. The van der Waals surface area contributed by atoms with Gasteiger partial charge in [-0.05, 0) is 128 Å². The molecule has 0 amide bonds. The highest BCUT2D eigenvalue weighted by atomic mass is 35.5. The molecule has 2 aliphatic carbocycles. The Balaban J connectivity index is 1.27. The van der Waals surface area contributed by atoms with Crippen LogP contribution >= 0.6 is 23.2 Å². The summed E-state index contributed by atoms with van der Waals surface area (Å²) in [6.07, 6.45) is 0. The first-order valence-corrected chi connectivity index (χ1v) is 20.0. The van der Waals surface area contributed by atoms with Crippen LogP contribution in [0.3, 0.4) is 0 Å². The predicted octanol–water partition coefficient (Wildman–Crippen LogP) is 16.5. The third-order valence-corrected chi connectivity index (χ3v) is 13.1. The maximum absolute atomic E-state index is 7.57. The van der Waals surface area contributed by atoms with E-state index in [1.165, 1.54) is 93.5 Å². The molecule has 0 saturated carbocycles. The molecule has 0 aliphatic heterocycles. The van der Waals surface area contributed by atoms with Gasteiger partial charge in [-0.1, -0.05) is 170 Å². The second-order valence-electron chi connectivity index (χ2n) is 18.8. The summed E-state index contributed by atoms with van der Waals surface area (Å²) in [6, 6.07) is 39.3. The lowest BCUT2D eigenvalue weighted by Gasteiger charge is -2.23. The molecular weight excluding hydrogens is 695 g/mol. The number of benzene rings is 8. The first-order valence-electron chi connectivity index (χ1n) is 19.2. The van der Waals surface area contributed by atoms with E-state index in [1.807, 2.05) is 0 Å². The number of halogens is 2. The average Bonchev–Trinajstić information content (AvgIpc) is 3.63. The average molecular weight is 740 g/mol. The van der Waals surface area contributed by atoms with Gasteiger partial charge in [0.25, 0.3) is 0 Å². The Morgan fingerprint density at radius 3 is 1.46 bits per heavy atom. The minimum absolute atomic E-state index is 0.0310. The van der Waals surface area contributed by atoms with Gasteiger partial charge in [0.2, 0.25) is 0 Å². The van der Waals surface area contributed by atoms with Crippen LogP contribution in [-0.4, -0.2) is 0 Å². The molecule has 0 N–H and O–H groups in total. The van der Waals surface area contributed by atoms with Gasteiger partial charge in [-0.2, -0.15) is 0 Å². The zero-order valence-corrected chi connectivity index (χ0v) is 34.1. The van der Waals surface area contributed by atoms with Crippen molar-refractivity contribution in [2.24, 2.45) is 0 Å². The second-order valence-corrected chi connectivity index (χ2v) is 19.6.